The van der Waals surface area contributed by atoms with Crippen LogP contribution in [-0.4, -0.2) is 37.1 Å². The fourth-order valence-electron chi connectivity index (χ4n) is 1.64. The van der Waals surface area contributed by atoms with Crippen LogP contribution in [0.4, 0.5) is 18.9 Å². The van der Waals surface area contributed by atoms with Crippen LogP contribution in [0.25, 0.3) is 0 Å². The summed E-state index contributed by atoms with van der Waals surface area (Å²) in [7, 11) is 1.46. The van der Waals surface area contributed by atoms with Gasteiger partial charge in [0.25, 0.3) is 0 Å². The van der Waals surface area contributed by atoms with Crippen LogP contribution in [0.3, 0.4) is 0 Å². The molecule has 0 unspecified atom stereocenters. The number of carboxylic acids is 1. The van der Waals surface area contributed by atoms with Crippen molar-refractivity contribution in [3.05, 3.63) is 23.8 Å². The molecule has 0 bridgehead atoms. The average molecular weight is 293 g/mol. The van der Waals surface area contributed by atoms with Crippen molar-refractivity contribution in [3.8, 4) is 0 Å². The smallest absolute Gasteiger partial charge is 0.390 e. The molecule has 0 radical (unpaired) electrons. The summed E-state index contributed by atoms with van der Waals surface area (Å²) >= 11 is 1.25. The predicted molar refractivity (Wildman–Crippen MR) is 69.1 cm³/mol. The minimum Gasteiger partial charge on any atom is -0.478 e. The molecule has 0 aliphatic heterocycles. The van der Waals surface area contributed by atoms with E-state index in [9.17, 15) is 23.1 Å². The Balaban J connectivity index is 3.02. The number of carboxylic acid groups (broad SMARTS) is 1. The molecule has 7 heteroatoms. The van der Waals surface area contributed by atoms with E-state index in [0.717, 1.165) is 0 Å². The molecule has 0 amide bonds. The summed E-state index contributed by atoms with van der Waals surface area (Å²) < 4.78 is 36.6. The minimum atomic E-state index is -4.26. The molecule has 106 valence electrons. The third-order valence-electron chi connectivity index (χ3n) is 2.58. The summed E-state index contributed by atoms with van der Waals surface area (Å²) in [5, 5.41) is 9.19. The van der Waals surface area contributed by atoms with Crippen molar-refractivity contribution in [3.63, 3.8) is 0 Å². The van der Waals surface area contributed by atoms with Crippen LogP contribution >= 0.6 is 11.8 Å². The molecule has 0 fully saturated rings. The van der Waals surface area contributed by atoms with E-state index in [1.54, 1.807) is 18.4 Å². The molecule has 19 heavy (non-hydrogen) atoms. The lowest BCUT2D eigenvalue weighted by Crippen LogP contribution is -2.25. The maximum absolute atomic E-state index is 12.2. The Morgan fingerprint density at radius 3 is 2.53 bits per heavy atom. The van der Waals surface area contributed by atoms with Gasteiger partial charge in [-0.05, 0) is 18.4 Å². The van der Waals surface area contributed by atoms with Crippen molar-refractivity contribution < 1.29 is 23.1 Å². The summed E-state index contributed by atoms with van der Waals surface area (Å²) in [5.74, 6) is -1.14. The lowest BCUT2D eigenvalue weighted by molar-refractivity contribution is -0.132. The summed E-state index contributed by atoms with van der Waals surface area (Å²) in [4.78, 5) is 13.1. The first-order valence-electron chi connectivity index (χ1n) is 5.44. The second kappa shape index (κ2) is 6.18. The molecule has 1 aromatic rings. The van der Waals surface area contributed by atoms with Gasteiger partial charge in [-0.25, -0.2) is 4.79 Å². The molecule has 1 N–H and O–H groups in total. The normalized spacial score (nSPS) is 11.4. The minimum absolute atomic E-state index is 0.0414. The van der Waals surface area contributed by atoms with Crippen molar-refractivity contribution in [2.75, 3.05) is 24.7 Å². The van der Waals surface area contributed by atoms with E-state index < -0.39 is 18.6 Å². The number of carbonyl (C=O) groups is 1. The van der Waals surface area contributed by atoms with Gasteiger partial charge in [-0.3, -0.25) is 0 Å². The highest BCUT2D eigenvalue weighted by molar-refractivity contribution is 7.98. The van der Waals surface area contributed by atoms with Crippen LogP contribution in [0.15, 0.2) is 23.1 Å². The van der Waals surface area contributed by atoms with E-state index in [-0.39, 0.29) is 12.1 Å². The maximum atomic E-state index is 12.2. The van der Waals surface area contributed by atoms with E-state index in [1.807, 2.05) is 0 Å². The van der Waals surface area contributed by atoms with E-state index >= 15 is 0 Å². The number of nitrogens with zero attached hydrogens (tertiary/aromatic N) is 1. The second-order valence-corrected chi connectivity index (χ2v) is 4.79. The largest absolute Gasteiger partial charge is 0.478 e. The summed E-state index contributed by atoms with van der Waals surface area (Å²) in [6.07, 6.45) is -3.51. The second-order valence-electron chi connectivity index (χ2n) is 3.95. The number of anilines is 1. The Bertz CT molecular complexity index is 463. The van der Waals surface area contributed by atoms with Gasteiger partial charge in [-0.1, -0.05) is 6.07 Å². The zero-order chi connectivity index (χ0) is 14.6. The van der Waals surface area contributed by atoms with Crippen molar-refractivity contribution in [2.45, 2.75) is 17.5 Å². The van der Waals surface area contributed by atoms with Gasteiger partial charge in [-0.2, -0.15) is 13.2 Å². The standard InChI is InChI=1S/C12H14F3NO2S/c1-16(7-6-12(13,14)15)8-4-3-5-9(19-2)10(8)11(17)18/h3-5H,6-7H2,1-2H3,(H,17,18). The van der Waals surface area contributed by atoms with Crippen molar-refractivity contribution in [2.24, 2.45) is 0 Å². The van der Waals surface area contributed by atoms with Crippen molar-refractivity contribution in [1.82, 2.24) is 0 Å². The Hall–Kier alpha value is -1.37. The van der Waals surface area contributed by atoms with Crippen molar-refractivity contribution >= 4 is 23.4 Å². The molecule has 0 aromatic heterocycles. The van der Waals surface area contributed by atoms with Crippen LogP contribution in [0, 0.1) is 0 Å². The van der Waals surface area contributed by atoms with E-state index in [4.69, 9.17) is 0 Å². The van der Waals surface area contributed by atoms with Gasteiger partial charge in [0.05, 0.1) is 17.7 Å². The van der Waals surface area contributed by atoms with Crippen LogP contribution in [0.1, 0.15) is 16.8 Å². The predicted octanol–water partition coefficient (Wildman–Crippen LogP) is 3.50. The molecular formula is C12H14F3NO2S. The summed E-state index contributed by atoms with van der Waals surface area (Å²) in [6.45, 7) is -0.276. The van der Waals surface area contributed by atoms with Crippen LogP contribution in [0.5, 0.6) is 0 Å². The van der Waals surface area contributed by atoms with Crippen LogP contribution in [0.2, 0.25) is 0 Å². The Morgan fingerprint density at radius 2 is 2.05 bits per heavy atom. The maximum Gasteiger partial charge on any atom is 0.390 e. The van der Waals surface area contributed by atoms with Gasteiger partial charge in [-0.15, -0.1) is 11.8 Å². The summed E-state index contributed by atoms with van der Waals surface area (Å²) in [5.41, 5.74) is 0.336. The molecule has 0 aliphatic rings. The third kappa shape index (κ3) is 4.34. The van der Waals surface area contributed by atoms with Gasteiger partial charge in [0.15, 0.2) is 0 Å². The quantitative estimate of drug-likeness (QED) is 0.844. The molecule has 0 saturated heterocycles. The van der Waals surface area contributed by atoms with E-state index in [2.05, 4.69) is 0 Å². The Labute approximate surface area is 113 Å². The first-order chi connectivity index (χ1) is 8.76. The van der Waals surface area contributed by atoms with Gasteiger partial charge in [0.2, 0.25) is 0 Å². The summed E-state index contributed by atoms with van der Waals surface area (Å²) in [6, 6.07) is 4.78. The Kier molecular flexibility index (Phi) is 5.11. The molecule has 3 nitrogen and oxygen atoms in total. The zero-order valence-corrected chi connectivity index (χ0v) is 11.3. The molecule has 0 aliphatic carbocycles. The van der Waals surface area contributed by atoms with Gasteiger partial charge < -0.3 is 10.0 Å². The monoisotopic (exact) mass is 293 g/mol. The molecule has 0 heterocycles. The lowest BCUT2D eigenvalue weighted by Gasteiger charge is -2.23. The highest BCUT2D eigenvalue weighted by atomic mass is 32.2. The van der Waals surface area contributed by atoms with Gasteiger partial charge >= 0.3 is 12.1 Å². The van der Waals surface area contributed by atoms with Crippen molar-refractivity contribution in [1.29, 1.82) is 0 Å². The average Bonchev–Trinajstić information content (AvgIpc) is 2.33. The highest BCUT2D eigenvalue weighted by Crippen LogP contribution is 2.30. The first-order valence-corrected chi connectivity index (χ1v) is 6.67. The number of halogens is 3. The molecule has 0 atom stereocenters. The molecule has 1 rings (SSSR count). The SMILES string of the molecule is CSc1cccc(N(C)CCC(F)(F)F)c1C(=O)O. The number of rotatable bonds is 5. The van der Waals surface area contributed by atoms with E-state index in [0.29, 0.717) is 10.6 Å². The molecule has 1 aromatic carbocycles. The zero-order valence-electron chi connectivity index (χ0n) is 10.5. The molecular weight excluding hydrogens is 279 g/mol. The number of benzene rings is 1. The number of aromatic carboxylic acids is 1. The number of thioether (sulfide) groups is 1. The number of alkyl halides is 3. The Morgan fingerprint density at radius 1 is 1.42 bits per heavy atom. The first kappa shape index (κ1) is 15.7. The van der Waals surface area contributed by atoms with Gasteiger partial charge in [0.1, 0.15) is 0 Å². The number of hydrogen-bond donors (Lipinski definition) is 1. The van der Waals surface area contributed by atoms with Crippen LogP contribution in [-0.2, 0) is 0 Å². The fourth-order valence-corrected chi connectivity index (χ4v) is 2.25. The van der Waals surface area contributed by atoms with Crippen LogP contribution < -0.4 is 4.90 Å². The van der Waals surface area contributed by atoms with Gasteiger partial charge in [0, 0.05) is 18.5 Å². The third-order valence-corrected chi connectivity index (χ3v) is 3.36. The van der Waals surface area contributed by atoms with E-state index in [1.165, 1.54) is 29.8 Å². The number of hydrogen-bond acceptors (Lipinski definition) is 3. The topological polar surface area (TPSA) is 40.5 Å². The highest BCUT2D eigenvalue weighted by Gasteiger charge is 2.28. The lowest BCUT2D eigenvalue weighted by atomic mass is 10.1. The fraction of sp³-hybridized carbons (Fsp3) is 0.417. The molecule has 0 saturated carbocycles. The molecule has 0 spiro atoms.